The third-order valence-electron chi connectivity index (χ3n) is 0. The Labute approximate surface area is 86.9 Å². The van der Waals surface area contributed by atoms with Gasteiger partial charge in [-0.2, -0.15) is 0 Å². The molecule has 0 spiro atoms. The molecule has 0 unspecified atom stereocenters. The Kier molecular flexibility index (Phi) is 331. The SMILES string of the molecule is [Cl-].[Cl-].[Cl-].[Cl-].[Tb+4]. The Bertz CT molecular complexity index is 3.61. The largest absolute Gasteiger partial charge is 4.00 e. The summed E-state index contributed by atoms with van der Waals surface area (Å²) in [6.45, 7) is 0. The van der Waals surface area contributed by atoms with Gasteiger partial charge in [0.2, 0.25) is 0 Å². The van der Waals surface area contributed by atoms with E-state index < -0.39 is 0 Å². The van der Waals surface area contributed by atoms with Crippen molar-refractivity contribution in [2.24, 2.45) is 0 Å². The van der Waals surface area contributed by atoms with Gasteiger partial charge in [-0.1, -0.05) is 0 Å². The molecule has 0 rings (SSSR count). The van der Waals surface area contributed by atoms with Crippen LogP contribution in [0.4, 0.5) is 0 Å². The first kappa shape index (κ1) is 51.7. The van der Waals surface area contributed by atoms with Crippen molar-refractivity contribution in [2.75, 3.05) is 0 Å². The molecule has 0 heterocycles. The Morgan fingerprint density at radius 2 is 0.400 bits per heavy atom. The maximum absolute atomic E-state index is 0. The molecular weight excluding hydrogens is 301 g/mol. The topological polar surface area (TPSA) is 0 Å². The van der Waals surface area contributed by atoms with Gasteiger partial charge in [0.1, 0.15) is 0 Å². The van der Waals surface area contributed by atoms with Crippen LogP contribution in [0.2, 0.25) is 0 Å². The van der Waals surface area contributed by atoms with Crippen molar-refractivity contribution in [1.82, 2.24) is 0 Å². The zero-order chi connectivity index (χ0) is 0. The van der Waals surface area contributed by atoms with Crippen LogP contribution in [0, 0.1) is 38.6 Å². The number of rotatable bonds is 0. The van der Waals surface area contributed by atoms with Gasteiger partial charge in [0, 0.05) is 0 Å². The smallest absolute Gasteiger partial charge is 1.00 e. The van der Waals surface area contributed by atoms with E-state index in [4.69, 9.17) is 0 Å². The van der Waals surface area contributed by atoms with Gasteiger partial charge in [-0.3, -0.25) is 0 Å². The summed E-state index contributed by atoms with van der Waals surface area (Å²) in [5.41, 5.74) is 0. The van der Waals surface area contributed by atoms with Crippen molar-refractivity contribution in [3.8, 4) is 0 Å². The zero-order valence-electron chi connectivity index (χ0n) is 1.85. The summed E-state index contributed by atoms with van der Waals surface area (Å²) in [5.74, 6) is 0. The normalized spacial score (nSPS) is 0. The van der Waals surface area contributed by atoms with Crippen LogP contribution < -0.4 is 49.6 Å². The molecule has 5 heavy (non-hydrogen) atoms. The van der Waals surface area contributed by atoms with Crippen LogP contribution in [0.1, 0.15) is 0 Å². The molecule has 0 atom stereocenters. The summed E-state index contributed by atoms with van der Waals surface area (Å²) >= 11 is 0. The maximum atomic E-state index is 0. The van der Waals surface area contributed by atoms with Crippen molar-refractivity contribution >= 4 is 0 Å². The van der Waals surface area contributed by atoms with Gasteiger partial charge < -0.3 is 49.6 Å². The molecule has 0 aliphatic carbocycles. The molecule has 0 aromatic carbocycles. The molecule has 0 saturated carbocycles. The van der Waals surface area contributed by atoms with Gasteiger partial charge in [0.25, 0.3) is 0 Å². The van der Waals surface area contributed by atoms with Gasteiger partial charge in [0.05, 0.1) is 0 Å². The zero-order valence-corrected chi connectivity index (χ0v) is 7.01. The molecule has 0 aliphatic heterocycles. The van der Waals surface area contributed by atoms with Gasteiger partial charge in [-0.05, 0) is 0 Å². The summed E-state index contributed by atoms with van der Waals surface area (Å²) in [5, 5.41) is 0. The quantitative estimate of drug-likeness (QED) is 0.417. The van der Waals surface area contributed by atoms with E-state index in [2.05, 4.69) is 0 Å². The first-order chi connectivity index (χ1) is 0. The van der Waals surface area contributed by atoms with Crippen molar-refractivity contribution in [3.63, 3.8) is 0 Å². The fourth-order valence-corrected chi connectivity index (χ4v) is 0. The fourth-order valence-electron chi connectivity index (χ4n) is 0. The molecule has 0 bridgehead atoms. The Hall–Kier alpha value is 2.45. The van der Waals surface area contributed by atoms with E-state index in [1.807, 2.05) is 0 Å². The molecule has 0 aliphatic rings. The molecule has 0 amide bonds. The Morgan fingerprint density at radius 3 is 0.400 bits per heavy atom. The first-order valence-electron chi connectivity index (χ1n) is 0. The van der Waals surface area contributed by atoms with E-state index in [0.717, 1.165) is 0 Å². The molecule has 0 aromatic rings. The predicted molar refractivity (Wildman–Crippen MR) is 0 cm³/mol. The van der Waals surface area contributed by atoms with Crippen LogP contribution >= 0.6 is 0 Å². The Balaban J connectivity index is 0. The van der Waals surface area contributed by atoms with Gasteiger partial charge >= 0.3 is 38.6 Å². The third kappa shape index (κ3) is 21.3. The molecule has 1 radical (unpaired) electrons. The van der Waals surface area contributed by atoms with Crippen molar-refractivity contribution in [1.29, 1.82) is 0 Å². The van der Waals surface area contributed by atoms with Crippen LogP contribution in [0.15, 0.2) is 0 Å². The Morgan fingerprint density at radius 1 is 0.400 bits per heavy atom. The summed E-state index contributed by atoms with van der Waals surface area (Å²) in [6, 6.07) is 0. The molecule has 0 fully saturated rings. The molecule has 0 aromatic heterocycles. The first-order valence-corrected chi connectivity index (χ1v) is 0. The molecule has 37 valence electrons. The van der Waals surface area contributed by atoms with Crippen LogP contribution in [-0.4, -0.2) is 0 Å². The molecule has 5 heteroatoms. The van der Waals surface area contributed by atoms with E-state index in [1.54, 1.807) is 0 Å². The third-order valence-corrected chi connectivity index (χ3v) is 0. The van der Waals surface area contributed by atoms with Gasteiger partial charge in [-0.25, -0.2) is 0 Å². The fraction of sp³-hybridized carbons (Fsp3) is 0. The molecule has 0 saturated heterocycles. The maximum Gasteiger partial charge on any atom is 4.00 e. The van der Waals surface area contributed by atoms with Crippen molar-refractivity contribution < 1.29 is 88.2 Å². The van der Waals surface area contributed by atoms with Crippen LogP contribution in [-0.2, 0) is 0 Å². The monoisotopic (exact) mass is 299 g/mol. The average molecular weight is 301 g/mol. The minimum atomic E-state index is 0. The standard InChI is InChI=1S/4ClH.Tb/h4*1H;/q;;;;+4/p-4. The average Bonchev–Trinajstić information content (AvgIpc) is 0. The second-order valence-electron chi connectivity index (χ2n) is 0. The van der Waals surface area contributed by atoms with E-state index in [-0.39, 0.29) is 88.2 Å². The number of halogens is 4. The van der Waals surface area contributed by atoms with Crippen molar-refractivity contribution in [2.45, 2.75) is 0 Å². The number of hydrogen-bond acceptors (Lipinski definition) is 0. The minimum Gasteiger partial charge on any atom is -1.00 e. The molecule has 0 nitrogen and oxygen atoms in total. The van der Waals surface area contributed by atoms with E-state index in [1.165, 1.54) is 0 Å². The van der Waals surface area contributed by atoms with E-state index >= 15 is 0 Å². The van der Waals surface area contributed by atoms with Crippen molar-refractivity contribution in [3.05, 3.63) is 0 Å². The van der Waals surface area contributed by atoms with Crippen LogP contribution in [0.5, 0.6) is 0 Å². The van der Waals surface area contributed by atoms with Crippen LogP contribution in [0.25, 0.3) is 0 Å². The summed E-state index contributed by atoms with van der Waals surface area (Å²) in [4.78, 5) is 0. The van der Waals surface area contributed by atoms with Gasteiger partial charge in [0.15, 0.2) is 0 Å². The second kappa shape index (κ2) is 32.0. The second-order valence-corrected chi connectivity index (χ2v) is 0. The van der Waals surface area contributed by atoms with Gasteiger partial charge in [-0.15, -0.1) is 0 Å². The minimum absolute atomic E-state index is 0. The van der Waals surface area contributed by atoms with Crippen LogP contribution in [0.3, 0.4) is 0 Å². The van der Waals surface area contributed by atoms with E-state index in [0.29, 0.717) is 0 Å². The summed E-state index contributed by atoms with van der Waals surface area (Å²) in [7, 11) is 0. The predicted octanol–water partition coefficient (Wildman–Crippen LogP) is -12.0. The van der Waals surface area contributed by atoms with E-state index in [9.17, 15) is 0 Å². The summed E-state index contributed by atoms with van der Waals surface area (Å²) < 4.78 is 0. The number of hydrogen-bond donors (Lipinski definition) is 0. The molecular formula is Cl4Tb. The molecule has 0 N–H and O–H groups in total. The summed E-state index contributed by atoms with van der Waals surface area (Å²) in [6.07, 6.45) is 0.